The van der Waals surface area contributed by atoms with E-state index in [1.54, 1.807) is 0 Å². The van der Waals surface area contributed by atoms with Crippen LogP contribution in [0.5, 0.6) is 0 Å². The minimum absolute atomic E-state index is 0.273. The summed E-state index contributed by atoms with van der Waals surface area (Å²) in [6.45, 7) is 13.9. The molecule has 1 unspecified atom stereocenters. The lowest BCUT2D eigenvalue weighted by Crippen LogP contribution is -2.28. The Morgan fingerprint density at radius 3 is 1.84 bits per heavy atom. The maximum absolute atomic E-state index is 6.46. The van der Waals surface area contributed by atoms with E-state index >= 15 is 0 Å². The van der Waals surface area contributed by atoms with Crippen LogP contribution in [0.25, 0.3) is 0 Å². The minimum atomic E-state index is 0.273. The number of nitrogens with two attached hydrogens (primary N) is 1. The molecule has 0 heterocycles. The predicted octanol–water partition coefficient (Wildman–Crippen LogP) is 4.36. The van der Waals surface area contributed by atoms with Crippen LogP contribution in [0, 0.1) is 16.7 Å². The Labute approximate surface area is 118 Å². The van der Waals surface area contributed by atoms with Crippen molar-refractivity contribution in [1.82, 2.24) is 0 Å². The van der Waals surface area contributed by atoms with Gasteiger partial charge in [0.15, 0.2) is 0 Å². The van der Waals surface area contributed by atoms with Crippen molar-refractivity contribution in [1.29, 1.82) is 0 Å². The van der Waals surface area contributed by atoms with Crippen molar-refractivity contribution < 1.29 is 0 Å². The van der Waals surface area contributed by atoms with Crippen molar-refractivity contribution >= 4 is 0 Å². The van der Waals surface area contributed by atoms with E-state index in [2.05, 4.69) is 65.8 Å². The maximum atomic E-state index is 6.46. The molecule has 0 radical (unpaired) electrons. The number of hydrogen-bond acceptors (Lipinski definition) is 1. The van der Waals surface area contributed by atoms with Crippen LogP contribution in [0.15, 0.2) is 24.3 Å². The molecule has 1 heteroatoms. The van der Waals surface area contributed by atoms with Gasteiger partial charge in [-0.2, -0.15) is 0 Å². The molecule has 1 aliphatic rings. The zero-order valence-electron chi connectivity index (χ0n) is 13.3. The summed E-state index contributed by atoms with van der Waals surface area (Å²) in [5.74, 6) is 1.23. The van der Waals surface area contributed by atoms with Crippen molar-refractivity contribution in [3.63, 3.8) is 0 Å². The van der Waals surface area contributed by atoms with Crippen LogP contribution in [0.2, 0.25) is 0 Å². The molecule has 1 aromatic rings. The quantitative estimate of drug-likeness (QED) is 0.854. The Morgan fingerprint density at radius 1 is 1.00 bits per heavy atom. The highest BCUT2D eigenvalue weighted by molar-refractivity contribution is 5.26. The van der Waals surface area contributed by atoms with E-state index in [1.807, 2.05) is 0 Å². The molecule has 1 saturated carbocycles. The van der Waals surface area contributed by atoms with E-state index in [0.29, 0.717) is 22.7 Å². The van der Waals surface area contributed by atoms with Gasteiger partial charge in [-0.15, -0.1) is 0 Å². The van der Waals surface area contributed by atoms with Gasteiger partial charge in [0.2, 0.25) is 0 Å². The smallest absolute Gasteiger partial charge is 0.0118 e. The number of hydrogen-bond donors (Lipinski definition) is 1. The largest absolute Gasteiger partial charge is 0.327 e. The van der Waals surface area contributed by atoms with Crippen LogP contribution >= 0.6 is 0 Å². The van der Waals surface area contributed by atoms with Gasteiger partial charge in [0, 0.05) is 6.04 Å². The summed E-state index contributed by atoms with van der Waals surface area (Å²) in [5, 5.41) is 0. The Morgan fingerprint density at radius 2 is 1.47 bits per heavy atom. The van der Waals surface area contributed by atoms with Crippen molar-refractivity contribution in [2.75, 3.05) is 0 Å². The van der Waals surface area contributed by atoms with E-state index in [4.69, 9.17) is 5.73 Å². The first-order chi connectivity index (χ1) is 8.68. The highest BCUT2D eigenvalue weighted by Crippen LogP contribution is 2.69. The normalized spacial score (nSPS) is 22.5. The summed E-state index contributed by atoms with van der Waals surface area (Å²) in [6.07, 6.45) is 0.996. The second-order valence-electron chi connectivity index (χ2n) is 7.69. The molecule has 106 valence electrons. The molecular formula is C18H29N. The molecule has 2 rings (SSSR count). The topological polar surface area (TPSA) is 26.0 Å². The molecule has 19 heavy (non-hydrogen) atoms. The highest BCUT2D eigenvalue weighted by atomic mass is 14.8. The van der Waals surface area contributed by atoms with Gasteiger partial charge in [-0.05, 0) is 40.2 Å². The van der Waals surface area contributed by atoms with Gasteiger partial charge in [-0.3, -0.25) is 0 Å². The number of benzene rings is 1. The molecule has 1 nitrogen and oxygen atoms in total. The Balaban J connectivity index is 2.03. The summed E-state index contributed by atoms with van der Waals surface area (Å²) in [4.78, 5) is 0. The molecule has 0 spiro atoms. The second-order valence-corrected chi connectivity index (χ2v) is 7.69. The van der Waals surface area contributed by atoms with Crippen molar-refractivity contribution in [3.8, 4) is 0 Å². The third-order valence-electron chi connectivity index (χ3n) is 5.68. The van der Waals surface area contributed by atoms with E-state index < -0.39 is 0 Å². The van der Waals surface area contributed by atoms with Crippen LogP contribution in [0.3, 0.4) is 0 Å². The lowest BCUT2D eigenvalue weighted by molar-refractivity contribution is 0.457. The molecule has 1 atom stereocenters. The standard InChI is InChI=1S/C18H29N/c1-12(2)14-9-7-13(8-10-14)11-15(19)16-17(3,4)18(16,5)6/h7-10,12,15-16H,11,19H2,1-6H3. The molecule has 1 fully saturated rings. The van der Waals surface area contributed by atoms with E-state index in [1.165, 1.54) is 11.1 Å². The average Bonchev–Trinajstić information content (AvgIpc) is 2.69. The summed E-state index contributed by atoms with van der Waals surface area (Å²) < 4.78 is 0. The summed E-state index contributed by atoms with van der Waals surface area (Å²) in [7, 11) is 0. The van der Waals surface area contributed by atoms with Crippen molar-refractivity contribution in [3.05, 3.63) is 35.4 Å². The fourth-order valence-electron chi connectivity index (χ4n) is 3.75. The second kappa shape index (κ2) is 4.63. The third-order valence-corrected chi connectivity index (χ3v) is 5.68. The van der Waals surface area contributed by atoms with Crippen LogP contribution < -0.4 is 5.73 Å². The lowest BCUT2D eigenvalue weighted by Gasteiger charge is -2.15. The monoisotopic (exact) mass is 259 g/mol. The van der Waals surface area contributed by atoms with Crippen molar-refractivity contribution in [2.24, 2.45) is 22.5 Å². The lowest BCUT2D eigenvalue weighted by atomic mass is 9.95. The Bertz CT molecular complexity index is 425. The maximum Gasteiger partial charge on any atom is 0.0118 e. The van der Waals surface area contributed by atoms with Gasteiger partial charge in [0.1, 0.15) is 0 Å². The fourth-order valence-corrected chi connectivity index (χ4v) is 3.75. The highest BCUT2D eigenvalue weighted by Gasteiger charge is 2.66. The molecule has 0 saturated heterocycles. The molecule has 1 aromatic carbocycles. The molecule has 0 bridgehead atoms. The summed E-state index contributed by atoms with van der Waals surface area (Å²) in [6, 6.07) is 9.26. The van der Waals surface area contributed by atoms with Gasteiger partial charge in [0.05, 0.1) is 0 Å². The zero-order valence-corrected chi connectivity index (χ0v) is 13.3. The van der Waals surface area contributed by atoms with E-state index in [9.17, 15) is 0 Å². The molecule has 0 aromatic heterocycles. The van der Waals surface area contributed by atoms with Gasteiger partial charge >= 0.3 is 0 Å². The zero-order chi connectivity index (χ0) is 14.4. The average molecular weight is 259 g/mol. The predicted molar refractivity (Wildman–Crippen MR) is 83.3 cm³/mol. The molecular weight excluding hydrogens is 230 g/mol. The summed E-state index contributed by atoms with van der Waals surface area (Å²) in [5.41, 5.74) is 10.00. The minimum Gasteiger partial charge on any atom is -0.327 e. The Kier molecular flexibility index (Phi) is 3.55. The first-order valence-electron chi connectivity index (χ1n) is 7.52. The molecule has 2 N–H and O–H groups in total. The SMILES string of the molecule is CC(C)c1ccc(CC(N)C2C(C)(C)C2(C)C)cc1. The van der Waals surface area contributed by atoms with Crippen LogP contribution in [0.4, 0.5) is 0 Å². The van der Waals surface area contributed by atoms with Gasteiger partial charge in [-0.1, -0.05) is 65.8 Å². The molecule has 0 amide bonds. The van der Waals surface area contributed by atoms with Gasteiger partial charge < -0.3 is 5.73 Å². The Hall–Kier alpha value is -0.820. The number of rotatable bonds is 4. The summed E-state index contributed by atoms with van der Waals surface area (Å²) >= 11 is 0. The van der Waals surface area contributed by atoms with Gasteiger partial charge in [-0.25, -0.2) is 0 Å². The first kappa shape index (κ1) is 14.6. The molecule has 1 aliphatic carbocycles. The molecule has 0 aliphatic heterocycles. The van der Waals surface area contributed by atoms with Crippen molar-refractivity contribution in [2.45, 2.75) is 59.9 Å². The van der Waals surface area contributed by atoms with Crippen LogP contribution in [0.1, 0.15) is 58.6 Å². The van der Waals surface area contributed by atoms with Crippen LogP contribution in [-0.2, 0) is 6.42 Å². The third kappa shape index (κ3) is 2.45. The fraction of sp³-hybridized carbons (Fsp3) is 0.667. The van der Waals surface area contributed by atoms with Crippen LogP contribution in [-0.4, -0.2) is 6.04 Å². The first-order valence-corrected chi connectivity index (χ1v) is 7.52. The van der Waals surface area contributed by atoms with E-state index in [0.717, 1.165) is 6.42 Å². The van der Waals surface area contributed by atoms with E-state index in [-0.39, 0.29) is 6.04 Å². The van der Waals surface area contributed by atoms with Gasteiger partial charge in [0.25, 0.3) is 0 Å².